The average Bonchev–Trinajstić information content (AvgIpc) is 2.80. The van der Waals surface area contributed by atoms with Crippen molar-refractivity contribution in [3.63, 3.8) is 0 Å². The van der Waals surface area contributed by atoms with Crippen LogP contribution in [0.3, 0.4) is 0 Å². The number of halogens is 3. The SMILES string of the molecule is FC(F)COc1ccc(-c2ccco2)cc1Cl. The lowest BCUT2D eigenvalue weighted by Crippen LogP contribution is -2.07. The molecule has 0 saturated heterocycles. The van der Waals surface area contributed by atoms with Crippen molar-refractivity contribution in [1.29, 1.82) is 0 Å². The van der Waals surface area contributed by atoms with Crippen molar-refractivity contribution in [2.45, 2.75) is 6.43 Å². The molecular formula is C12H9ClF2O2. The first kappa shape index (κ1) is 11.9. The van der Waals surface area contributed by atoms with Crippen LogP contribution in [0.2, 0.25) is 5.02 Å². The van der Waals surface area contributed by atoms with Gasteiger partial charge in [-0.25, -0.2) is 8.78 Å². The van der Waals surface area contributed by atoms with E-state index in [0.29, 0.717) is 5.76 Å². The second-order valence-corrected chi connectivity index (χ2v) is 3.73. The molecule has 0 saturated carbocycles. The molecule has 0 bridgehead atoms. The molecule has 0 N–H and O–H groups in total. The third kappa shape index (κ3) is 2.97. The molecule has 2 nitrogen and oxygen atoms in total. The molecule has 1 heterocycles. The summed E-state index contributed by atoms with van der Waals surface area (Å²) < 4.78 is 34.0. The zero-order chi connectivity index (χ0) is 12.3. The average molecular weight is 259 g/mol. The van der Waals surface area contributed by atoms with Gasteiger partial charge in [0.1, 0.15) is 18.1 Å². The third-order valence-electron chi connectivity index (χ3n) is 2.10. The van der Waals surface area contributed by atoms with E-state index in [2.05, 4.69) is 0 Å². The Kier molecular flexibility index (Phi) is 3.64. The van der Waals surface area contributed by atoms with Crippen LogP contribution in [-0.2, 0) is 0 Å². The summed E-state index contributed by atoms with van der Waals surface area (Å²) >= 11 is 5.92. The van der Waals surface area contributed by atoms with Gasteiger partial charge >= 0.3 is 0 Å². The number of hydrogen-bond acceptors (Lipinski definition) is 2. The van der Waals surface area contributed by atoms with Gasteiger partial charge in [0.25, 0.3) is 6.43 Å². The monoisotopic (exact) mass is 258 g/mol. The highest BCUT2D eigenvalue weighted by molar-refractivity contribution is 6.32. The van der Waals surface area contributed by atoms with Crippen molar-refractivity contribution in [2.75, 3.05) is 6.61 Å². The lowest BCUT2D eigenvalue weighted by atomic mass is 10.2. The summed E-state index contributed by atoms with van der Waals surface area (Å²) in [6.45, 7) is -0.667. The maximum atomic E-state index is 12.0. The van der Waals surface area contributed by atoms with Crippen molar-refractivity contribution < 1.29 is 17.9 Å². The van der Waals surface area contributed by atoms with Crippen LogP contribution in [0.1, 0.15) is 0 Å². The Labute approximate surface area is 102 Å². The lowest BCUT2D eigenvalue weighted by molar-refractivity contribution is 0.0819. The molecule has 0 aliphatic rings. The summed E-state index contributed by atoms with van der Waals surface area (Å²) in [4.78, 5) is 0. The van der Waals surface area contributed by atoms with E-state index < -0.39 is 13.0 Å². The van der Waals surface area contributed by atoms with Gasteiger partial charge in [0, 0.05) is 5.56 Å². The number of hydrogen-bond donors (Lipinski definition) is 0. The van der Waals surface area contributed by atoms with Crippen LogP contribution >= 0.6 is 11.6 Å². The van der Waals surface area contributed by atoms with Gasteiger partial charge in [0.15, 0.2) is 0 Å². The molecule has 1 aromatic heterocycles. The fourth-order valence-corrected chi connectivity index (χ4v) is 1.60. The maximum Gasteiger partial charge on any atom is 0.272 e. The first-order valence-corrected chi connectivity index (χ1v) is 5.29. The lowest BCUT2D eigenvalue weighted by Gasteiger charge is -2.08. The Bertz CT molecular complexity index is 483. The van der Waals surface area contributed by atoms with Crippen molar-refractivity contribution in [3.05, 3.63) is 41.6 Å². The van der Waals surface area contributed by atoms with Crippen molar-refractivity contribution >= 4 is 11.6 Å². The van der Waals surface area contributed by atoms with Gasteiger partial charge in [0.05, 0.1) is 11.3 Å². The van der Waals surface area contributed by atoms with Crippen LogP contribution in [0.25, 0.3) is 11.3 Å². The maximum absolute atomic E-state index is 12.0. The van der Waals surface area contributed by atoms with Gasteiger partial charge in [-0.3, -0.25) is 0 Å². The van der Waals surface area contributed by atoms with Gasteiger partial charge in [0.2, 0.25) is 0 Å². The molecule has 0 spiro atoms. The molecule has 2 rings (SSSR count). The summed E-state index contributed by atoms with van der Waals surface area (Å²) in [5.41, 5.74) is 0.768. The predicted octanol–water partition coefficient (Wildman–Crippen LogP) is 4.24. The summed E-state index contributed by atoms with van der Waals surface area (Å²) in [5.74, 6) is 0.898. The smallest absolute Gasteiger partial charge is 0.272 e. The largest absolute Gasteiger partial charge is 0.486 e. The fraction of sp³-hybridized carbons (Fsp3) is 0.167. The van der Waals surface area contributed by atoms with Crippen molar-refractivity contribution in [3.8, 4) is 17.1 Å². The molecule has 0 aliphatic carbocycles. The van der Waals surface area contributed by atoms with E-state index in [1.54, 1.807) is 36.6 Å². The van der Waals surface area contributed by atoms with Crippen LogP contribution in [-0.4, -0.2) is 13.0 Å². The second-order valence-electron chi connectivity index (χ2n) is 3.32. The van der Waals surface area contributed by atoms with E-state index >= 15 is 0 Å². The standard InChI is InChI=1S/C12H9ClF2O2/c13-9-6-8(10-2-1-5-16-10)3-4-11(9)17-7-12(14)15/h1-6,12H,7H2. The molecule has 90 valence electrons. The Balaban J connectivity index is 2.17. The third-order valence-corrected chi connectivity index (χ3v) is 2.40. The molecular weight excluding hydrogens is 250 g/mol. The minimum absolute atomic E-state index is 0.238. The number of benzene rings is 1. The number of alkyl halides is 2. The molecule has 0 radical (unpaired) electrons. The Hall–Kier alpha value is -1.55. The molecule has 0 aliphatic heterocycles. The van der Waals surface area contributed by atoms with Crippen LogP contribution in [0.4, 0.5) is 8.78 Å². The minimum atomic E-state index is -2.52. The number of furan rings is 1. The summed E-state index contributed by atoms with van der Waals surface area (Å²) in [7, 11) is 0. The first-order valence-electron chi connectivity index (χ1n) is 4.91. The molecule has 0 unspecified atom stereocenters. The molecule has 0 amide bonds. The van der Waals surface area contributed by atoms with Gasteiger partial charge in [-0.05, 0) is 30.3 Å². The zero-order valence-electron chi connectivity index (χ0n) is 8.70. The van der Waals surface area contributed by atoms with Gasteiger partial charge in [-0.2, -0.15) is 0 Å². The Morgan fingerprint density at radius 2 is 2.12 bits per heavy atom. The van der Waals surface area contributed by atoms with Crippen LogP contribution in [0.5, 0.6) is 5.75 Å². The normalized spacial score (nSPS) is 10.8. The molecule has 2 aromatic rings. The van der Waals surface area contributed by atoms with E-state index in [0.717, 1.165) is 5.56 Å². The van der Waals surface area contributed by atoms with Gasteiger partial charge < -0.3 is 9.15 Å². The highest BCUT2D eigenvalue weighted by Gasteiger charge is 2.09. The van der Waals surface area contributed by atoms with Crippen molar-refractivity contribution in [1.82, 2.24) is 0 Å². The summed E-state index contributed by atoms with van der Waals surface area (Å²) in [6, 6.07) is 8.39. The zero-order valence-corrected chi connectivity index (χ0v) is 9.45. The highest BCUT2D eigenvalue weighted by atomic mass is 35.5. The van der Waals surface area contributed by atoms with Gasteiger partial charge in [-0.15, -0.1) is 0 Å². The molecule has 5 heteroatoms. The van der Waals surface area contributed by atoms with Crippen LogP contribution in [0.15, 0.2) is 41.0 Å². The highest BCUT2D eigenvalue weighted by Crippen LogP contribution is 2.30. The fourth-order valence-electron chi connectivity index (χ4n) is 1.37. The summed E-state index contributed by atoms with van der Waals surface area (Å²) in [6.07, 6.45) is -0.972. The topological polar surface area (TPSA) is 22.4 Å². The first-order chi connectivity index (χ1) is 8.16. The summed E-state index contributed by atoms with van der Waals surface area (Å²) in [5, 5.41) is 0.277. The minimum Gasteiger partial charge on any atom is -0.486 e. The van der Waals surface area contributed by atoms with Crippen LogP contribution < -0.4 is 4.74 Å². The Morgan fingerprint density at radius 1 is 1.29 bits per heavy atom. The number of rotatable bonds is 4. The quantitative estimate of drug-likeness (QED) is 0.818. The van der Waals surface area contributed by atoms with E-state index in [9.17, 15) is 8.78 Å². The van der Waals surface area contributed by atoms with E-state index in [1.165, 1.54) is 0 Å². The van der Waals surface area contributed by atoms with Gasteiger partial charge in [-0.1, -0.05) is 11.6 Å². The second kappa shape index (κ2) is 5.19. The van der Waals surface area contributed by atoms with Crippen molar-refractivity contribution in [2.24, 2.45) is 0 Å². The number of ether oxygens (including phenoxy) is 1. The van der Waals surface area contributed by atoms with E-state index in [1.807, 2.05) is 0 Å². The molecule has 0 fully saturated rings. The predicted molar refractivity (Wildman–Crippen MR) is 60.7 cm³/mol. The van der Waals surface area contributed by atoms with E-state index in [4.69, 9.17) is 20.8 Å². The van der Waals surface area contributed by atoms with Crippen LogP contribution in [0, 0.1) is 0 Å². The van der Waals surface area contributed by atoms with E-state index in [-0.39, 0.29) is 10.8 Å². The molecule has 0 atom stereocenters. The molecule has 17 heavy (non-hydrogen) atoms. The Morgan fingerprint density at radius 3 is 2.71 bits per heavy atom. The molecule has 1 aromatic carbocycles.